The maximum absolute atomic E-state index is 13.2. The number of ether oxygens (including phenoxy) is 4. The van der Waals surface area contributed by atoms with E-state index in [9.17, 15) is 55.9 Å². The van der Waals surface area contributed by atoms with E-state index in [1.54, 1.807) is 0 Å². The van der Waals surface area contributed by atoms with Crippen LogP contribution >= 0.6 is 0 Å². The van der Waals surface area contributed by atoms with E-state index in [-0.39, 0.29) is 27.8 Å². The average molecular weight is 611 g/mol. The van der Waals surface area contributed by atoms with Crippen molar-refractivity contribution < 1.29 is 74.4 Å². The van der Waals surface area contributed by atoms with Gasteiger partial charge >= 0.3 is 0 Å². The number of hydrogen-bond donors (Lipinski definition) is 10. The molecule has 1 aromatic heterocycles. The summed E-state index contributed by atoms with van der Waals surface area (Å²) < 4.78 is 27.8. The lowest BCUT2D eigenvalue weighted by atomic mass is 9.97. The molecule has 43 heavy (non-hydrogen) atoms. The Morgan fingerprint density at radius 1 is 0.721 bits per heavy atom. The summed E-state index contributed by atoms with van der Waals surface area (Å²) in [5.41, 5.74) is -0.699. The highest BCUT2D eigenvalue weighted by atomic mass is 16.8. The monoisotopic (exact) mass is 610 g/mol. The second kappa shape index (κ2) is 12.2. The molecule has 0 saturated carbocycles. The smallest absolute Gasteiger partial charge is 0.229 e. The Labute approximate surface area is 241 Å². The minimum absolute atomic E-state index is 0.0433. The van der Waals surface area contributed by atoms with E-state index in [0.717, 1.165) is 18.4 Å². The number of aromatic hydroxyl groups is 3. The van der Waals surface area contributed by atoms with Crippen LogP contribution in [0.25, 0.3) is 22.1 Å². The van der Waals surface area contributed by atoms with Crippen LogP contribution in [0.4, 0.5) is 0 Å². The zero-order chi connectivity index (χ0) is 31.2. The molecule has 10 N–H and O–H groups in total. The third-order valence-electron chi connectivity index (χ3n) is 7.33. The second-order valence-electron chi connectivity index (χ2n) is 10.1. The van der Waals surface area contributed by atoms with Gasteiger partial charge in [-0.05, 0) is 17.7 Å². The van der Waals surface area contributed by atoms with Crippen LogP contribution in [0.3, 0.4) is 0 Å². The molecule has 0 spiro atoms. The van der Waals surface area contributed by atoms with Gasteiger partial charge in [0.2, 0.25) is 11.7 Å². The summed E-state index contributed by atoms with van der Waals surface area (Å²) in [4.78, 5) is 13.2. The fourth-order valence-electron chi connectivity index (χ4n) is 4.93. The van der Waals surface area contributed by atoms with Crippen LogP contribution in [0.1, 0.15) is 0 Å². The van der Waals surface area contributed by atoms with Crippen LogP contribution in [0, 0.1) is 0 Å². The SMILES string of the molecule is O=c1c(-c2ccc(O)c(O)c2)coc2cc(O[C@H]3O[C@@H](CO)[C@H](O)[C@@H](O)[C@@H]3O[C@@H]3O[C@@H](CO)[C@H](O)[C@H](O)[C@@H]3O)cc(O)c12. The maximum Gasteiger partial charge on any atom is 0.229 e. The van der Waals surface area contributed by atoms with Crippen molar-refractivity contribution >= 4 is 11.0 Å². The normalized spacial score (nSPS) is 33.0. The van der Waals surface area contributed by atoms with Gasteiger partial charge in [0.05, 0.1) is 18.8 Å². The van der Waals surface area contributed by atoms with Crippen molar-refractivity contribution in [3.05, 3.63) is 46.8 Å². The molecule has 0 radical (unpaired) electrons. The fourth-order valence-corrected chi connectivity index (χ4v) is 4.93. The lowest BCUT2D eigenvalue weighted by Gasteiger charge is -2.45. The number of aliphatic hydroxyl groups is 7. The molecule has 3 aromatic rings. The van der Waals surface area contributed by atoms with Gasteiger partial charge in [-0.25, -0.2) is 0 Å². The molecular weight excluding hydrogens is 580 g/mol. The van der Waals surface area contributed by atoms with E-state index < -0.39 is 97.3 Å². The van der Waals surface area contributed by atoms with Crippen molar-refractivity contribution in [3.8, 4) is 34.1 Å². The van der Waals surface area contributed by atoms with E-state index in [0.29, 0.717) is 0 Å². The molecule has 2 aliphatic rings. The van der Waals surface area contributed by atoms with Crippen LogP contribution < -0.4 is 10.2 Å². The molecule has 5 rings (SSSR count). The van der Waals surface area contributed by atoms with Gasteiger partial charge in [0.1, 0.15) is 71.5 Å². The number of benzene rings is 2. The number of phenolic OH excluding ortho intramolecular Hbond substituents is 3. The maximum atomic E-state index is 13.2. The highest BCUT2D eigenvalue weighted by Crippen LogP contribution is 2.35. The molecular formula is C27H30O16. The molecule has 0 bridgehead atoms. The lowest BCUT2D eigenvalue weighted by Crippen LogP contribution is -2.65. The van der Waals surface area contributed by atoms with Crippen LogP contribution in [0.2, 0.25) is 0 Å². The fraction of sp³-hybridized carbons (Fsp3) is 0.444. The quantitative estimate of drug-likeness (QED) is 0.125. The van der Waals surface area contributed by atoms with Gasteiger partial charge in [0.15, 0.2) is 23.9 Å². The molecule has 2 fully saturated rings. The summed E-state index contributed by atoms with van der Waals surface area (Å²) in [6, 6.07) is 5.86. The van der Waals surface area contributed by atoms with E-state index in [4.69, 9.17) is 23.4 Å². The van der Waals surface area contributed by atoms with Gasteiger partial charge in [0.25, 0.3) is 0 Å². The van der Waals surface area contributed by atoms with Gasteiger partial charge in [-0.2, -0.15) is 0 Å². The van der Waals surface area contributed by atoms with Crippen molar-refractivity contribution in [3.63, 3.8) is 0 Å². The average Bonchev–Trinajstić information content (AvgIpc) is 2.98. The molecule has 0 aliphatic carbocycles. The third-order valence-corrected chi connectivity index (χ3v) is 7.33. The summed E-state index contributed by atoms with van der Waals surface area (Å²) in [7, 11) is 0. The highest BCUT2D eigenvalue weighted by molar-refractivity contribution is 5.88. The van der Waals surface area contributed by atoms with Crippen LogP contribution in [-0.4, -0.2) is 126 Å². The van der Waals surface area contributed by atoms with E-state index in [1.807, 2.05) is 0 Å². The number of phenols is 3. The van der Waals surface area contributed by atoms with Gasteiger partial charge in [0, 0.05) is 12.1 Å². The first-order chi connectivity index (χ1) is 20.4. The largest absolute Gasteiger partial charge is 0.507 e. The molecule has 2 saturated heterocycles. The first-order valence-electron chi connectivity index (χ1n) is 13.0. The number of fused-ring (bicyclic) bond motifs is 1. The third kappa shape index (κ3) is 5.73. The molecule has 16 heteroatoms. The van der Waals surface area contributed by atoms with Crippen molar-refractivity contribution in [2.75, 3.05) is 13.2 Å². The molecule has 16 nitrogen and oxygen atoms in total. The summed E-state index contributed by atoms with van der Waals surface area (Å²) in [5, 5.41) is 101. The minimum Gasteiger partial charge on any atom is -0.507 e. The summed E-state index contributed by atoms with van der Waals surface area (Å²) in [6.07, 6.45) is -15.7. The van der Waals surface area contributed by atoms with Crippen molar-refractivity contribution in [2.45, 2.75) is 61.4 Å². The zero-order valence-corrected chi connectivity index (χ0v) is 22.1. The van der Waals surface area contributed by atoms with Crippen LogP contribution in [-0.2, 0) is 14.2 Å². The molecule has 0 unspecified atom stereocenters. The van der Waals surface area contributed by atoms with Crippen LogP contribution in [0.5, 0.6) is 23.0 Å². The van der Waals surface area contributed by atoms with E-state index >= 15 is 0 Å². The number of aliphatic hydroxyl groups excluding tert-OH is 7. The Bertz CT molecular complexity index is 1510. The van der Waals surface area contributed by atoms with Gasteiger partial charge in [-0.1, -0.05) is 6.07 Å². The van der Waals surface area contributed by atoms with Crippen molar-refractivity contribution in [1.82, 2.24) is 0 Å². The van der Waals surface area contributed by atoms with Gasteiger partial charge < -0.3 is 74.4 Å². The predicted octanol–water partition coefficient (Wildman–Crippen LogP) is -2.42. The predicted molar refractivity (Wildman–Crippen MR) is 140 cm³/mol. The minimum atomic E-state index is -1.87. The Hall–Kier alpha value is -3.55. The van der Waals surface area contributed by atoms with Crippen molar-refractivity contribution in [2.24, 2.45) is 0 Å². The van der Waals surface area contributed by atoms with Gasteiger partial charge in [-0.15, -0.1) is 0 Å². The lowest BCUT2D eigenvalue weighted by molar-refractivity contribution is -0.357. The van der Waals surface area contributed by atoms with Gasteiger partial charge in [-0.3, -0.25) is 4.79 Å². The van der Waals surface area contributed by atoms with Crippen molar-refractivity contribution in [1.29, 1.82) is 0 Å². The zero-order valence-electron chi connectivity index (χ0n) is 22.1. The first kappa shape index (κ1) is 30.9. The molecule has 0 amide bonds. The van der Waals surface area contributed by atoms with E-state index in [2.05, 4.69) is 0 Å². The summed E-state index contributed by atoms with van der Waals surface area (Å²) >= 11 is 0. The second-order valence-corrected chi connectivity index (χ2v) is 10.1. The van der Waals surface area contributed by atoms with Crippen LogP contribution in [0.15, 0.2) is 45.8 Å². The highest BCUT2D eigenvalue weighted by Gasteiger charge is 2.51. The Kier molecular flexibility index (Phi) is 8.77. The van der Waals surface area contributed by atoms with E-state index in [1.165, 1.54) is 18.2 Å². The topological polar surface area (TPSA) is 269 Å². The Morgan fingerprint density at radius 2 is 1.37 bits per heavy atom. The molecule has 2 aromatic carbocycles. The number of rotatable bonds is 7. The Morgan fingerprint density at radius 3 is 2.02 bits per heavy atom. The summed E-state index contributed by atoms with van der Waals surface area (Å²) in [5.74, 6) is -1.69. The Balaban J connectivity index is 1.45. The molecule has 10 atom stereocenters. The number of hydrogen-bond acceptors (Lipinski definition) is 16. The summed E-state index contributed by atoms with van der Waals surface area (Å²) in [6.45, 7) is -1.53. The first-order valence-corrected chi connectivity index (χ1v) is 13.0. The molecule has 234 valence electrons. The standard InChI is InChI=1S/C27H30O16/c28-6-16-20(34)22(36)24(38)26(41-16)43-25-23(37)21(35)17(7-29)42-27(25)40-10-4-14(32)18-15(5-10)39-8-11(19(18)33)9-1-2-12(30)13(31)3-9/h1-5,8,16-17,20-32,34-38H,6-7H2/t16-,17-,20-,21-,22-,23+,24-,25-,26-,27-/m0/s1. The molecule has 3 heterocycles. The molecule has 2 aliphatic heterocycles.